The number of nitrogens with zero attached hydrogens (tertiary/aromatic N) is 3. The zero-order chi connectivity index (χ0) is 18.1. The number of nitrogens with one attached hydrogen (secondary N) is 1. The van der Waals surface area contributed by atoms with E-state index >= 15 is 0 Å². The van der Waals surface area contributed by atoms with Crippen molar-refractivity contribution < 1.29 is 18.1 Å². The third-order valence-electron chi connectivity index (χ3n) is 3.05. The van der Waals surface area contributed by atoms with Gasteiger partial charge in [0.25, 0.3) is 0 Å². The molecule has 1 aromatic heterocycles. The maximum atomic E-state index is 12.0. The van der Waals surface area contributed by atoms with Gasteiger partial charge < -0.3 is 15.4 Å². The highest BCUT2D eigenvalue weighted by Crippen LogP contribution is 2.26. The Bertz CT molecular complexity index is 907. The molecular formula is C12H12ClN5O5S. The SMILES string of the molecule is Cc1c(Cl)c([N+](=O)[O-])nn1CC(=O)Nc1ccc(S(N)(=O)=O)cc1. The van der Waals surface area contributed by atoms with E-state index in [4.69, 9.17) is 16.7 Å². The molecular weight excluding hydrogens is 362 g/mol. The molecule has 2 aromatic rings. The number of aromatic nitrogens is 2. The summed E-state index contributed by atoms with van der Waals surface area (Å²) < 4.78 is 23.4. The lowest BCUT2D eigenvalue weighted by Gasteiger charge is -2.05. The van der Waals surface area contributed by atoms with E-state index in [0.717, 1.165) is 4.68 Å². The number of amides is 1. The zero-order valence-corrected chi connectivity index (χ0v) is 13.8. The predicted octanol–water partition coefficient (Wildman–Crippen LogP) is 1.04. The largest absolute Gasteiger partial charge is 0.408 e. The highest BCUT2D eigenvalue weighted by molar-refractivity contribution is 7.89. The van der Waals surface area contributed by atoms with Crippen LogP contribution in [0.5, 0.6) is 0 Å². The van der Waals surface area contributed by atoms with Crippen LogP contribution in [-0.4, -0.2) is 29.0 Å². The number of nitrogens with two attached hydrogens (primary N) is 1. The van der Waals surface area contributed by atoms with Gasteiger partial charge in [0, 0.05) is 5.69 Å². The monoisotopic (exact) mass is 373 g/mol. The first-order chi connectivity index (χ1) is 11.1. The maximum absolute atomic E-state index is 12.0. The van der Waals surface area contributed by atoms with E-state index in [1.807, 2.05) is 0 Å². The maximum Gasteiger partial charge on any atom is 0.408 e. The summed E-state index contributed by atoms with van der Waals surface area (Å²) in [6, 6.07) is 5.21. The van der Waals surface area contributed by atoms with Crippen molar-refractivity contribution in [1.82, 2.24) is 9.78 Å². The summed E-state index contributed by atoms with van der Waals surface area (Å²) in [5.74, 6) is -1.05. The quantitative estimate of drug-likeness (QED) is 0.590. The molecule has 12 heteroatoms. The normalized spacial score (nSPS) is 11.3. The zero-order valence-electron chi connectivity index (χ0n) is 12.3. The smallest absolute Gasteiger partial charge is 0.358 e. The molecule has 2 rings (SSSR count). The number of halogens is 1. The predicted molar refractivity (Wildman–Crippen MR) is 85.1 cm³/mol. The molecule has 0 saturated heterocycles. The van der Waals surface area contributed by atoms with Crippen LogP contribution in [0.2, 0.25) is 5.02 Å². The minimum absolute atomic E-state index is 0.0918. The molecule has 128 valence electrons. The van der Waals surface area contributed by atoms with Crippen molar-refractivity contribution in [1.29, 1.82) is 0 Å². The van der Waals surface area contributed by atoms with Gasteiger partial charge in [-0.3, -0.25) is 4.79 Å². The molecule has 0 unspecified atom stereocenters. The van der Waals surface area contributed by atoms with E-state index in [1.54, 1.807) is 0 Å². The number of rotatable bonds is 5. The number of hydrogen-bond acceptors (Lipinski definition) is 6. The van der Waals surface area contributed by atoms with Gasteiger partial charge in [-0.2, -0.15) is 4.68 Å². The van der Waals surface area contributed by atoms with Crippen LogP contribution in [0.4, 0.5) is 11.5 Å². The molecule has 1 heterocycles. The molecule has 0 saturated carbocycles. The number of carbonyl (C=O) groups is 1. The number of carbonyl (C=O) groups excluding carboxylic acids is 1. The van der Waals surface area contributed by atoms with Crippen molar-refractivity contribution in [2.24, 2.45) is 5.14 Å². The van der Waals surface area contributed by atoms with E-state index in [0.29, 0.717) is 5.69 Å². The highest BCUT2D eigenvalue weighted by atomic mass is 35.5. The minimum atomic E-state index is -3.82. The van der Waals surface area contributed by atoms with Crippen molar-refractivity contribution in [2.75, 3.05) is 5.32 Å². The van der Waals surface area contributed by atoms with Crippen molar-refractivity contribution in [3.63, 3.8) is 0 Å². The van der Waals surface area contributed by atoms with Crippen molar-refractivity contribution in [3.8, 4) is 0 Å². The topological polar surface area (TPSA) is 150 Å². The standard InChI is InChI=1S/C12H12ClN5O5S/c1-7-11(13)12(18(20)21)16-17(7)6-10(19)15-8-2-4-9(5-3-8)24(14,22)23/h2-5H,6H2,1H3,(H,15,19)(H2,14,22,23). The van der Waals surface area contributed by atoms with Gasteiger partial charge in [-0.25, -0.2) is 13.6 Å². The van der Waals surface area contributed by atoms with Crippen LogP contribution in [-0.2, 0) is 21.4 Å². The summed E-state index contributed by atoms with van der Waals surface area (Å²) >= 11 is 5.79. The van der Waals surface area contributed by atoms with E-state index in [1.165, 1.54) is 31.2 Å². The number of anilines is 1. The second kappa shape index (κ2) is 6.55. The number of primary sulfonamides is 1. The lowest BCUT2D eigenvalue weighted by atomic mass is 10.3. The number of nitro groups is 1. The molecule has 0 radical (unpaired) electrons. The number of benzene rings is 1. The Morgan fingerprint density at radius 1 is 1.42 bits per heavy atom. The van der Waals surface area contributed by atoms with E-state index < -0.39 is 26.7 Å². The first-order valence-electron chi connectivity index (χ1n) is 6.39. The highest BCUT2D eigenvalue weighted by Gasteiger charge is 2.25. The average Bonchev–Trinajstić information content (AvgIpc) is 2.75. The van der Waals surface area contributed by atoms with Crippen molar-refractivity contribution >= 4 is 39.0 Å². The van der Waals surface area contributed by atoms with Crippen LogP contribution in [0, 0.1) is 17.0 Å². The second-order valence-corrected chi connectivity index (χ2v) is 6.69. The van der Waals surface area contributed by atoms with Crippen LogP contribution >= 0.6 is 11.6 Å². The fourth-order valence-corrected chi connectivity index (χ4v) is 2.56. The third kappa shape index (κ3) is 3.88. The van der Waals surface area contributed by atoms with Crippen LogP contribution in [0.25, 0.3) is 0 Å². The van der Waals surface area contributed by atoms with Gasteiger partial charge in [0.1, 0.15) is 6.54 Å². The fourth-order valence-electron chi connectivity index (χ4n) is 1.84. The first kappa shape index (κ1) is 17.8. The van der Waals surface area contributed by atoms with Crippen LogP contribution in [0.1, 0.15) is 5.69 Å². The lowest BCUT2D eigenvalue weighted by molar-refractivity contribution is -0.389. The molecule has 1 aromatic carbocycles. The first-order valence-corrected chi connectivity index (χ1v) is 8.32. The van der Waals surface area contributed by atoms with Gasteiger partial charge in [-0.05, 0) is 36.1 Å². The van der Waals surface area contributed by atoms with Gasteiger partial charge >= 0.3 is 5.82 Å². The van der Waals surface area contributed by atoms with Gasteiger partial charge in [0.2, 0.25) is 15.9 Å². The number of hydrogen-bond donors (Lipinski definition) is 2. The number of sulfonamides is 1. The Morgan fingerprint density at radius 2 is 2.00 bits per heavy atom. The van der Waals surface area contributed by atoms with Gasteiger partial charge in [0.05, 0.1) is 15.7 Å². The summed E-state index contributed by atoms with van der Waals surface area (Å²) in [6.45, 7) is 1.20. The summed E-state index contributed by atoms with van der Waals surface area (Å²) in [4.78, 5) is 21.9. The van der Waals surface area contributed by atoms with Gasteiger partial charge in [0.15, 0.2) is 5.02 Å². The molecule has 1 amide bonds. The van der Waals surface area contributed by atoms with E-state index in [9.17, 15) is 23.3 Å². The van der Waals surface area contributed by atoms with E-state index in [2.05, 4.69) is 10.4 Å². The average molecular weight is 374 g/mol. The molecule has 0 fully saturated rings. The van der Waals surface area contributed by atoms with Crippen molar-refractivity contribution in [3.05, 3.63) is 45.1 Å². The van der Waals surface area contributed by atoms with E-state index in [-0.39, 0.29) is 22.2 Å². The Labute approximate surface area is 141 Å². The summed E-state index contributed by atoms with van der Waals surface area (Å²) in [6.07, 6.45) is 0. The Kier molecular flexibility index (Phi) is 4.87. The molecule has 0 bridgehead atoms. The minimum Gasteiger partial charge on any atom is -0.358 e. The molecule has 3 N–H and O–H groups in total. The molecule has 0 atom stereocenters. The third-order valence-corrected chi connectivity index (χ3v) is 4.42. The molecule has 0 aliphatic carbocycles. The molecule has 10 nitrogen and oxygen atoms in total. The Balaban J connectivity index is 2.11. The van der Waals surface area contributed by atoms with Crippen molar-refractivity contribution in [2.45, 2.75) is 18.4 Å². The van der Waals surface area contributed by atoms with Crippen LogP contribution < -0.4 is 10.5 Å². The Morgan fingerprint density at radius 3 is 2.46 bits per heavy atom. The van der Waals surface area contributed by atoms with Crippen LogP contribution in [0.15, 0.2) is 29.2 Å². The Hall–Kier alpha value is -2.50. The summed E-state index contributed by atoms with van der Waals surface area (Å²) in [5.41, 5.74) is 0.612. The summed E-state index contributed by atoms with van der Waals surface area (Å²) in [5, 5.41) is 21.8. The lowest BCUT2D eigenvalue weighted by Crippen LogP contribution is -2.20. The molecule has 0 aliphatic heterocycles. The van der Waals surface area contributed by atoms with Gasteiger partial charge in [-0.15, -0.1) is 0 Å². The molecule has 24 heavy (non-hydrogen) atoms. The molecule has 0 aliphatic rings. The van der Waals surface area contributed by atoms with Crippen LogP contribution in [0.3, 0.4) is 0 Å². The fraction of sp³-hybridized carbons (Fsp3) is 0.167. The second-order valence-electron chi connectivity index (χ2n) is 4.76. The summed E-state index contributed by atoms with van der Waals surface area (Å²) in [7, 11) is -3.82. The molecule has 0 spiro atoms. The van der Waals surface area contributed by atoms with Gasteiger partial charge in [-0.1, -0.05) is 11.6 Å².